The van der Waals surface area contributed by atoms with Crippen molar-refractivity contribution in [2.45, 2.75) is 19.9 Å². The molecule has 3 heterocycles. The number of fused-ring (bicyclic) bond motifs is 2. The molecule has 0 N–H and O–H groups in total. The summed E-state index contributed by atoms with van der Waals surface area (Å²) in [4.78, 5) is 47.6. The van der Waals surface area contributed by atoms with Crippen molar-refractivity contribution in [3.63, 3.8) is 0 Å². The highest BCUT2D eigenvalue weighted by atomic mass is 32.1. The van der Waals surface area contributed by atoms with Crippen molar-refractivity contribution in [3.8, 4) is 11.5 Å². The van der Waals surface area contributed by atoms with Gasteiger partial charge in [0, 0.05) is 12.1 Å². The molecule has 200 valence electrons. The first kappa shape index (κ1) is 26.2. The Kier molecular flexibility index (Phi) is 6.96. The van der Waals surface area contributed by atoms with Gasteiger partial charge < -0.3 is 19.1 Å². The Labute approximate surface area is 228 Å². The van der Waals surface area contributed by atoms with Gasteiger partial charge in [0.2, 0.25) is 0 Å². The maximum absolute atomic E-state index is 14.2. The number of para-hydroxylation sites is 1. The lowest BCUT2D eigenvalue weighted by Crippen LogP contribution is -2.41. The van der Waals surface area contributed by atoms with E-state index in [1.54, 1.807) is 43.0 Å². The summed E-state index contributed by atoms with van der Waals surface area (Å²) in [6, 6.07) is 11.7. The molecule has 0 spiro atoms. The SMILES string of the molecule is C=CCN1C(=O)C(=c2sc3n(c2=O)C(c2ccc(OC)c(OC)c2)C(C(=O)OCC)=C(C)N=3)c2ccccc21. The highest BCUT2D eigenvalue weighted by molar-refractivity contribution is 7.07. The molecule has 5 rings (SSSR count). The molecule has 1 amide bonds. The van der Waals surface area contributed by atoms with Gasteiger partial charge in [-0.05, 0) is 37.6 Å². The number of allylic oxidation sites excluding steroid dienone is 1. The lowest BCUT2D eigenvalue weighted by Gasteiger charge is -2.25. The number of ether oxygens (including phenoxy) is 3. The first-order valence-electron chi connectivity index (χ1n) is 12.3. The minimum atomic E-state index is -0.856. The first-order chi connectivity index (χ1) is 18.9. The van der Waals surface area contributed by atoms with Gasteiger partial charge in [0.15, 0.2) is 16.3 Å². The lowest BCUT2D eigenvalue weighted by molar-refractivity contribution is -0.139. The Morgan fingerprint density at radius 1 is 1.13 bits per heavy atom. The van der Waals surface area contributed by atoms with Gasteiger partial charge in [-0.25, -0.2) is 9.79 Å². The first-order valence-corrected chi connectivity index (χ1v) is 13.1. The third-order valence-corrected chi connectivity index (χ3v) is 7.73. The topological polar surface area (TPSA) is 99.4 Å². The van der Waals surface area contributed by atoms with E-state index in [1.165, 1.54) is 18.8 Å². The van der Waals surface area contributed by atoms with Gasteiger partial charge in [-0.3, -0.25) is 14.2 Å². The van der Waals surface area contributed by atoms with Crippen LogP contribution in [0.15, 0.2) is 76.2 Å². The minimum Gasteiger partial charge on any atom is -0.493 e. The van der Waals surface area contributed by atoms with Crippen molar-refractivity contribution in [2.75, 3.05) is 32.3 Å². The fraction of sp³-hybridized carbons (Fsp3) is 0.241. The van der Waals surface area contributed by atoms with Gasteiger partial charge in [0.05, 0.1) is 49.4 Å². The Bertz CT molecular complexity index is 1730. The third kappa shape index (κ3) is 4.17. The number of rotatable bonds is 7. The average Bonchev–Trinajstić information content (AvgIpc) is 3.40. The van der Waals surface area contributed by atoms with Crippen molar-refractivity contribution in [2.24, 2.45) is 4.99 Å². The fourth-order valence-corrected chi connectivity index (χ4v) is 6.13. The summed E-state index contributed by atoms with van der Waals surface area (Å²) in [6.45, 7) is 7.66. The Hall–Kier alpha value is -4.44. The van der Waals surface area contributed by atoms with Gasteiger partial charge >= 0.3 is 5.97 Å². The molecule has 1 atom stereocenters. The summed E-state index contributed by atoms with van der Waals surface area (Å²) < 4.78 is 18.0. The molecule has 0 saturated carbocycles. The zero-order valence-corrected chi connectivity index (χ0v) is 22.8. The molecule has 39 heavy (non-hydrogen) atoms. The number of benzene rings is 2. The monoisotopic (exact) mass is 545 g/mol. The number of carbonyl (C=O) groups excluding carboxylic acids is 2. The number of hydrogen-bond acceptors (Lipinski definition) is 8. The Morgan fingerprint density at radius 3 is 2.56 bits per heavy atom. The van der Waals surface area contributed by atoms with Gasteiger partial charge in [-0.2, -0.15) is 0 Å². The van der Waals surface area contributed by atoms with Crippen molar-refractivity contribution >= 4 is 34.5 Å². The highest BCUT2D eigenvalue weighted by Crippen LogP contribution is 2.37. The second-order valence-corrected chi connectivity index (χ2v) is 9.81. The van der Waals surface area contributed by atoms with Crippen LogP contribution >= 0.6 is 11.3 Å². The van der Waals surface area contributed by atoms with Crippen molar-refractivity contribution in [1.29, 1.82) is 0 Å². The van der Waals surface area contributed by atoms with Crippen LogP contribution in [-0.2, 0) is 14.3 Å². The van der Waals surface area contributed by atoms with Gasteiger partial charge in [-0.1, -0.05) is 41.7 Å². The van der Waals surface area contributed by atoms with E-state index in [0.717, 1.165) is 11.3 Å². The summed E-state index contributed by atoms with van der Waals surface area (Å²) in [5, 5.41) is 0. The predicted molar refractivity (Wildman–Crippen MR) is 148 cm³/mol. The normalized spacial score (nSPS) is 17.4. The number of thiazole rings is 1. The fourth-order valence-electron chi connectivity index (χ4n) is 4.99. The van der Waals surface area contributed by atoms with E-state index in [1.807, 2.05) is 24.3 Å². The highest BCUT2D eigenvalue weighted by Gasteiger charge is 2.37. The van der Waals surface area contributed by atoms with Crippen LogP contribution in [0.4, 0.5) is 5.69 Å². The largest absolute Gasteiger partial charge is 0.493 e. The number of anilines is 1. The summed E-state index contributed by atoms with van der Waals surface area (Å²) in [6.07, 6.45) is 1.64. The van der Waals surface area contributed by atoms with Crippen LogP contribution in [0.3, 0.4) is 0 Å². The molecule has 2 aliphatic heterocycles. The van der Waals surface area contributed by atoms with Crippen molar-refractivity contribution in [3.05, 3.63) is 97.2 Å². The average molecular weight is 546 g/mol. The molecule has 9 nitrogen and oxygen atoms in total. The number of nitrogens with zero attached hydrogens (tertiary/aromatic N) is 3. The van der Waals surface area contributed by atoms with Crippen LogP contribution in [0, 0.1) is 0 Å². The predicted octanol–water partition coefficient (Wildman–Crippen LogP) is 2.72. The molecular formula is C29H27N3O6S. The molecule has 0 fully saturated rings. The molecule has 10 heteroatoms. The lowest BCUT2D eigenvalue weighted by atomic mass is 9.95. The molecule has 0 bridgehead atoms. The van der Waals surface area contributed by atoms with E-state index in [2.05, 4.69) is 11.6 Å². The molecule has 3 aromatic rings. The molecular weight excluding hydrogens is 518 g/mol. The number of esters is 1. The summed E-state index contributed by atoms with van der Waals surface area (Å²) >= 11 is 1.12. The number of carbonyl (C=O) groups is 2. The molecule has 1 unspecified atom stereocenters. The molecule has 1 aromatic heterocycles. The van der Waals surface area contributed by atoms with E-state index in [-0.39, 0.29) is 22.6 Å². The summed E-state index contributed by atoms with van der Waals surface area (Å²) in [5.41, 5.74) is 2.53. The number of amides is 1. The van der Waals surface area contributed by atoms with Gasteiger partial charge in [0.25, 0.3) is 11.5 Å². The molecule has 0 radical (unpaired) electrons. The van der Waals surface area contributed by atoms with Crippen molar-refractivity contribution in [1.82, 2.24) is 4.57 Å². The molecule has 2 aromatic carbocycles. The van der Waals surface area contributed by atoms with E-state index >= 15 is 0 Å². The van der Waals surface area contributed by atoms with Crippen LogP contribution in [0.1, 0.15) is 31.0 Å². The van der Waals surface area contributed by atoms with Crippen LogP contribution < -0.4 is 29.3 Å². The van der Waals surface area contributed by atoms with E-state index < -0.39 is 17.6 Å². The summed E-state index contributed by atoms with van der Waals surface area (Å²) in [5.74, 6) is 0.0868. The van der Waals surface area contributed by atoms with E-state index in [9.17, 15) is 14.4 Å². The Morgan fingerprint density at radius 2 is 1.87 bits per heavy atom. The maximum Gasteiger partial charge on any atom is 0.338 e. The second kappa shape index (κ2) is 10.4. The minimum absolute atomic E-state index is 0.160. The van der Waals surface area contributed by atoms with Crippen molar-refractivity contribution < 1.29 is 23.8 Å². The van der Waals surface area contributed by atoms with Crippen LogP contribution in [-0.4, -0.2) is 43.8 Å². The van der Waals surface area contributed by atoms with Crippen LogP contribution in [0.5, 0.6) is 11.5 Å². The van der Waals surface area contributed by atoms with Gasteiger partial charge in [-0.15, -0.1) is 6.58 Å². The van der Waals surface area contributed by atoms with E-state index in [0.29, 0.717) is 50.9 Å². The standard InChI is InChI=1S/C29H27N3O6S/c1-6-14-31-19-11-9-8-10-18(19)23(26(31)33)25-27(34)32-24(17-12-13-20(36-4)21(15-17)37-5)22(28(35)38-7-2)16(3)30-29(32)39-25/h6,8-13,15,24H,1,7,14H2,2-5H3. The second-order valence-electron chi connectivity index (χ2n) is 8.83. The molecule has 0 aliphatic carbocycles. The number of hydrogen-bond donors (Lipinski definition) is 0. The molecule has 2 aliphatic rings. The number of aromatic nitrogens is 1. The zero-order valence-electron chi connectivity index (χ0n) is 22.0. The summed E-state index contributed by atoms with van der Waals surface area (Å²) in [7, 11) is 3.04. The smallest absolute Gasteiger partial charge is 0.338 e. The molecule has 0 saturated heterocycles. The maximum atomic E-state index is 14.2. The van der Waals surface area contributed by atoms with Gasteiger partial charge in [0.1, 0.15) is 4.53 Å². The van der Waals surface area contributed by atoms with E-state index in [4.69, 9.17) is 14.2 Å². The third-order valence-electron chi connectivity index (χ3n) is 6.68. The quantitative estimate of drug-likeness (QED) is 0.335. The van der Waals surface area contributed by atoms with Crippen LogP contribution in [0.25, 0.3) is 5.57 Å². The van der Waals surface area contributed by atoms with Crippen LogP contribution in [0.2, 0.25) is 0 Å². The Balaban J connectivity index is 1.82. The zero-order chi connectivity index (χ0) is 27.8. The number of methoxy groups -OCH3 is 2.